The summed E-state index contributed by atoms with van der Waals surface area (Å²) in [5.74, 6) is -0.963. The van der Waals surface area contributed by atoms with Gasteiger partial charge in [0.15, 0.2) is 0 Å². The molecule has 1 unspecified atom stereocenters. The van der Waals surface area contributed by atoms with E-state index in [-0.39, 0.29) is 4.88 Å². The van der Waals surface area contributed by atoms with Crippen molar-refractivity contribution in [1.82, 2.24) is 0 Å². The van der Waals surface area contributed by atoms with Gasteiger partial charge in [-0.1, -0.05) is 0 Å². The smallest absolute Gasteiger partial charge is 0.345 e. The third kappa shape index (κ3) is 2.31. The fourth-order valence-corrected chi connectivity index (χ4v) is 2.12. The van der Waals surface area contributed by atoms with Crippen LogP contribution in [0.4, 0.5) is 5.00 Å². The van der Waals surface area contributed by atoms with E-state index in [2.05, 4.69) is 4.72 Å². The number of rotatable bonds is 3. The predicted molar refractivity (Wildman–Crippen MR) is 49.0 cm³/mol. The van der Waals surface area contributed by atoms with Crippen LogP contribution in [0.25, 0.3) is 0 Å². The van der Waals surface area contributed by atoms with Gasteiger partial charge in [-0.15, -0.1) is 11.3 Å². The number of carbonyl (C=O) groups is 1. The van der Waals surface area contributed by atoms with Gasteiger partial charge in [-0.2, -0.15) is 0 Å². The highest BCUT2D eigenvalue weighted by Crippen LogP contribution is 2.21. The average Bonchev–Trinajstić information content (AvgIpc) is 2.34. The Hall–Kier alpha value is -0.880. The summed E-state index contributed by atoms with van der Waals surface area (Å²) >= 11 is 1.07. The van der Waals surface area contributed by atoms with Crippen molar-refractivity contribution < 1.29 is 14.1 Å². The highest BCUT2D eigenvalue weighted by Gasteiger charge is 2.06. The molecule has 1 aromatic rings. The maximum atomic E-state index is 10.7. The minimum absolute atomic E-state index is 0.239. The zero-order chi connectivity index (χ0) is 9.14. The number of thiophene rings is 1. The van der Waals surface area contributed by atoms with Crippen LogP contribution in [-0.2, 0) is 11.0 Å². The summed E-state index contributed by atoms with van der Waals surface area (Å²) in [5, 5.41) is 9.14. The van der Waals surface area contributed by atoms with Gasteiger partial charge in [-0.3, -0.25) is 4.72 Å². The van der Waals surface area contributed by atoms with E-state index in [1.807, 2.05) is 0 Å². The van der Waals surface area contributed by atoms with E-state index in [0.717, 1.165) is 11.3 Å². The predicted octanol–water partition coefficient (Wildman–Crippen LogP) is 1.15. The molecule has 1 aromatic heterocycles. The lowest BCUT2D eigenvalue weighted by Gasteiger charge is -1.94. The van der Waals surface area contributed by atoms with Crippen LogP contribution in [0, 0.1) is 0 Å². The Morgan fingerprint density at radius 1 is 1.67 bits per heavy atom. The molecule has 0 aliphatic heterocycles. The van der Waals surface area contributed by atoms with E-state index in [1.54, 1.807) is 6.07 Å². The van der Waals surface area contributed by atoms with Gasteiger partial charge in [-0.25, -0.2) is 9.00 Å². The number of hydrogen-bond acceptors (Lipinski definition) is 3. The first-order valence-electron chi connectivity index (χ1n) is 3.03. The third-order valence-electron chi connectivity index (χ3n) is 1.06. The molecule has 0 spiro atoms. The summed E-state index contributed by atoms with van der Waals surface area (Å²) in [4.78, 5) is 10.6. The Morgan fingerprint density at radius 3 is 2.75 bits per heavy atom. The number of hydrogen-bond donors (Lipinski definition) is 2. The van der Waals surface area contributed by atoms with Gasteiger partial charge in [0.1, 0.15) is 20.9 Å². The topological polar surface area (TPSA) is 66.4 Å². The molecule has 0 saturated carbocycles. The molecule has 0 aliphatic carbocycles. The third-order valence-corrected chi connectivity index (χ3v) is 2.69. The summed E-state index contributed by atoms with van der Waals surface area (Å²) in [5.41, 5.74) is 0. The second-order valence-corrected chi connectivity index (χ2v) is 4.22. The molecular formula is C6H7NO3S2. The van der Waals surface area contributed by atoms with Crippen LogP contribution < -0.4 is 4.72 Å². The SMILES string of the molecule is CS(=O)Nc1ccc(C(=O)O)s1. The van der Waals surface area contributed by atoms with Gasteiger partial charge in [0.2, 0.25) is 0 Å². The van der Waals surface area contributed by atoms with Crippen molar-refractivity contribution in [2.45, 2.75) is 0 Å². The van der Waals surface area contributed by atoms with Crippen LogP contribution in [0.15, 0.2) is 12.1 Å². The molecule has 0 fully saturated rings. The van der Waals surface area contributed by atoms with Gasteiger partial charge in [-0.05, 0) is 12.1 Å². The molecule has 4 nitrogen and oxygen atoms in total. The number of aromatic carboxylic acids is 1. The lowest BCUT2D eigenvalue weighted by molar-refractivity contribution is 0.0702. The quantitative estimate of drug-likeness (QED) is 0.778. The standard InChI is InChI=1S/C6H7NO3S2/c1-12(10)7-5-3-2-4(11-5)6(8)9/h2-3,7H,1H3,(H,8,9). The Balaban J connectivity index is 2.77. The van der Waals surface area contributed by atoms with Crippen molar-refractivity contribution in [2.24, 2.45) is 0 Å². The van der Waals surface area contributed by atoms with Gasteiger partial charge in [0.25, 0.3) is 0 Å². The molecule has 0 saturated heterocycles. The Labute approximate surface area is 75.8 Å². The largest absolute Gasteiger partial charge is 0.477 e. The fourth-order valence-electron chi connectivity index (χ4n) is 0.649. The van der Waals surface area contributed by atoms with E-state index in [1.165, 1.54) is 12.3 Å². The maximum Gasteiger partial charge on any atom is 0.345 e. The Kier molecular flexibility index (Phi) is 2.83. The molecule has 0 bridgehead atoms. The molecule has 0 aromatic carbocycles. The fraction of sp³-hybridized carbons (Fsp3) is 0.167. The summed E-state index contributed by atoms with van der Waals surface area (Å²) in [6.45, 7) is 0. The Bertz CT molecular complexity index is 320. The summed E-state index contributed by atoms with van der Waals surface area (Å²) < 4.78 is 13.3. The molecule has 1 rings (SSSR count). The van der Waals surface area contributed by atoms with E-state index >= 15 is 0 Å². The molecular weight excluding hydrogens is 198 g/mol. The molecule has 0 aliphatic rings. The monoisotopic (exact) mass is 205 g/mol. The zero-order valence-corrected chi connectivity index (χ0v) is 7.87. The molecule has 0 amide bonds. The summed E-state index contributed by atoms with van der Waals surface area (Å²) in [6.07, 6.45) is 1.49. The lowest BCUT2D eigenvalue weighted by atomic mass is 10.5. The van der Waals surface area contributed by atoms with E-state index in [9.17, 15) is 9.00 Å². The number of anilines is 1. The normalized spacial score (nSPS) is 12.4. The molecule has 2 N–H and O–H groups in total. The van der Waals surface area contributed by atoms with Gasteiger partial charge < -0.3 is 5.11 Å². The van der Waals surface area contributed by atoms with E-state index < -0.39 is 17.0 Å². The molecule has 0 radical (unpaired) electrons. The van der Waals surface area contributed by atoms with Crippen molar-refractivity contribution in [1.29, 1.82) is 0 Å². The second kappa shape index (κ2) is 3.68. The van der Waals surface area contributed by atoms with Crippen LogP contribution in [0.5, 0.6) is 0 Å². The highest BCUT2D eigenvalue weighted by molar-refractivity contribution is 7.85. The summed E-state index contributed by atoms with van der Waals surface area (Å²) in [7, 11) is -1.15. The highest BCUT2D eigenvalue weighted by atomic mass is 32.2. The zero-order valence-electron chi connectivity index (χ0n) is 6.23. The Morgan fingerprint density at radius 2 is 2.33 bits per heavy atom. The van der Waals surface area contributed by atoms with Crippen molar-refractivity contribution in [3.8, 4) is 0 Å². The van der Waals surface area contributed by atoms with Gasteiger partial charge in [0, 0.05) is 6.26 Å². The van der Waals surface area contributed by atoms with Crippen molar-refractivity contribution in [3.63, 3.8) is 0 Å². The van der Waals surface area contributed by atoms with Gasteiger partial charge in [0.05, 0.1) is 0 Å². The number of nitrogens with one attached hydrogen (secondary N) is 1. The molecule has 1 heterocycles. The molecule has 6 heteroatoms. The minimum atomic E-state index is -1.15. The molecule has 1 atom stereocenters. The van der Waals surface area contributed by atoms with Crippen LogP contribution in [0.1, 0.15) is 9.67 Å². The first-order chi connectivity index (χ1) is 5.59. The van der Waals surface area contributed by atoms with E-state index in [4.69, 9.17) is 5.11 Å². The average molecular weight is 205 g/mol. The van der Waals surface area contributed by atoms with Crippen LogP contribution in [0.3, 0.4) is 0 Å². The number of carboxylic acids is 1. The first kappa shape index (κ1) is 9.21. The minimum Gasteiger partial charge on any atom is -0.477 e. The first-order valence-corrected chi connectivity index (χ1v) is 5.40. The molecule has 66 valence electrons. The van der Waals surface area contributed by atoms with Crippen molar-refractivity contribution in [3.05, 3.63) is 17.0 Å². The van der Waals surface area contributed by atoms with Crippen LogP contribution in [0.2, 0.25) is 0 Å². The van der Waals surface area contributed by atoms with Gasteiger partial charge >= 0.3 is 5.97 Å². The van der Waals surface area contributed by atoms with Crippen molar-refractivity contribution >= 4 is 33.3 Å². The van der Waals surface area contributed by atoms with Crippen molar-refractivity contribution in [2.75, 3.05) is 11.0 Å². The lowest BCUT2D eigenvalue weighted by Crippen LogP contribution is -1.98. The summed E-state index contributed by atoms with van der Waals surface area (Å²) in [6, 6.07) is 3.07. The van der Waals surface area contributed by atoms with Crippen LogP contribution >= 0.6 is 11.3 Å². The van der Waals surface area contributed by atoms with Crippen LogP contribution in [-0.4, -0.2) is 21.5 Å². The molecule has 12 heavy (non-hydrogen) atoms. The maximum absolute atomic E-state index is 10.7. The number of carboxylic acid groups (broad SMARTS) is 1. The van der Waals surface area contributed by atoms with E-state index in [0.29, 0.717) is 5.00 Å². The second-order valence-electron chi connectivity index (χ2n) is 2.03.